The summed E-state index contributed by atoms with van der Waals surface area (Å²) < 4.78 is 0. The van der Waals surface area contributed by atoms with Gasteiger partial charge in [0.05, 0.1) is 12.5 Å². The zero-order chi connectivity index (χ0) is 13.8. The fourth-order valence-corrected chi connectivity index (χ4v) is 3.01. The van der Waals surface area contributed by atoms with E-state index in [4.69, 9.17) is 11.0 Å². The van der Waals surface area contributed by atoms with Gasteiger partial charge < -0.3 is 10.6 Å². The average Bonchev–Trinajstić information content (AvgIpc) is 2.41. The Kier molecular flexibility index (Phi) is 4.31. The maximum atomic E-state index is 8.84. The summed E-state index contributed by atoms with van der Waals surface area (Å²) >= 11 is 0. The molecule has 0 bridgehead atoms. The van der Waals surface area contributed by atoms with E-state index in [2.05, 4.69) is 37.1 Å². The van der Waals surface area contributed by atoms with Crippen molar-refractivity contribution in [2.75, 3.05) is 17.7 Å². The Morgan fingerprint density at radius 2 is 2.21 bits per heavy atom. The van der Waals surface area contributed by atoms with Crippen LogP contribution in [0.15, 0.2) is 18.2 Å². The van der Waals surface area contributed by atoms with Crippen molar-refractivity contribution in [2.24, 2.45) is 5.92 Å². The van der Waals surface area contributed by atoms with Crippen LogP contribution in [-0.4, -0.2) is 13.1 Å². The van der Waals surface area contributed by atoms with Crippen molar-refractivity contribution in [3.05, 3.63) is 23.8 Å². The van der Waals surface area contributed by atoms with Gasteiger partial charge in [-0.1, -0.05) is 19.8 Å². The van der Waals surface area contributed by atoms with Crippen molar-refractivity contribution in [1.29, 1.82) is 5.26 Å². The number of nitrogen functional groups attached to an aromatic ring is 1. The second-order valence-electron chi connectivity index (χ2n) is 5.75. The molecular weight excluding hydrogens is 234 g/mol. The summed E-state index contributed by atoms with van der Waals surface area (Å²) in [5, 5.41) is 8.84. The number of rotatable bonds is 3. The van der Waals surface area contributed by atoms with E-state index in [0.717, 1.165) is 17.2 Å². The molecule has 19 heavy (non-hydrogen) atoms. The van der Waals surface area contributed by atoms with E-state index in [1.165, 1.54) is 31.4 Å². The molecule has 3 heteroatoms. The summed E-state index contributed by atoms with van der Waals surface area (Å²) in [5.74, 6) is 0.813. The number of hydrogen-bond acceptors (Lipinski definition) is 3. The fourth-order valence-electron chi connectivity index (χ4n) is 3.01. The molecule has 1 saturated carbocycles. The SMILES string of the molecule is CC1CCCC(N(C)c2ccc(N)c(CC#N)c2)C1. The van der Waals surface area contributed by atoms with Gasteiger partial charge in [0.25, 0.3) is 0 Å². The molecule has 3 nitrogen and oxygen atoms in total. The molecule has 0 amide bonds. The highest BCUT2D eigenvalue weighted by Crippen LogP contribution is 2.30. The second kappa shape index (κ2) is 5.97. The molecule has 2 rings (SSSR count). The molecule has 0 heterocycles. The van der Waals surface area contributed by atoms with E-state index in [9.17, 15) is 0 Å². The van der Waals surface area contributed by atoms with Gasteiger partial charge in [0, 0.05) is 24.5 Å². The summed E-state index contributed by atoms with van der Waals surface area (Å²) in [6.07, 6.45) is 5.57. The predicted molar refractivity (Wildman–Crippen MR) is 80.0 cm³/mol. The Balaban J connectivity index is 2.16. The number of nitrogens with two attached hydrogens (primary N) is 1. The topological polar surface area (TPSA) is 53.0 Å². The summed E-state index contributed by atoms with van der Waals surface area (Å²) in [6.45, 7) is 2.34. The molecule has 102 valence electrons. The first-order chi connectivity index (χ1) is 9.11. The van der Waals surface area contributed by atoms with E-state index in [1.807, 2.05) is 6.07 Å². The maximum absolute atomic E-state index is 8.84. The summed E-state index contributed by atoms with van der Waals surface area (Å²) in [4.78, 5) is 2.36. The van der Waals surface area contributed by atoms with Crippen LogP contribution in [0.1, 0.15) is 38.2 Å². The van der Waals surface area contributed by atoms with Gasteiger partial charge in [0.15, 0.2) is 0 Å². The highest BCUT2D eigenvalue weighted by atomic mass is 15.1. The number of benzene rings is 1. The van der Waals surface area contributed by atoms with Crippen LogP contribution in [0.3, 0.4) is 0 Å². The summed E-state index contributed by atoms with van der Waals surface area (Å²) in [7, 11) is 2.16. The molecule has 2 unspecified atom stereocenters. The monoisotopic (exact) mass is 257 g/mol. The highest BCUT2D eigenvalue weighted by Gasteiger charge is 2.22. The molecule has 0 spiro atoms. The number of nitrogens with zero attached hydrogens (tertiary/aromatic N) is 2. The molecule has 0 saturated heterocycles. The zero-order valence-corrected chi connectivity index (χ0v) is 11.9. The van der Waals surface area contributed by atoms with Crippen LogP contribution in [0.4, 0.5) is 11.4 Å². The third-order valence-corrected chi connectivity index (χ3v) is 4.26. The first kappa shape index (κ1) is 13.7. The number of nitriles is 1. The molecule has 1 aromatic rings. The lowest BCUT2D eigenvalue weighted by molar-refractivity contribution is 0.336. The molecule has 1 fully saturated rings. The molecule has 1 aliphatic rings. The van der Waals surface area contributed by atoms with Crippen LogP contribution in [0.25, 0.3) is 0 Å². The third-order valence-electron chi connectivity index (χ3n) is 4.26. The molecular formula is C16H23N3. The van der Waals surface area contributed by atoms with Gasteiger partial charge in [-0.05, 0) is 42.5 Å². The smallest absolute Gasteiger partial charge is 0.0670 e. The van der Waals surface area contributed by atoms with Gasteiger partial charge in [-0.25, -0.2) is 0 Å². The number of anilines is 2. The molecule has 1 aliphatic carbocycles. The van der Waals surface area contributed by atoms with Gasteiger partial charge in [0.1, 0.15) is 0 Å². The highest BCUT2D eigenvalue weighted by molar-refractivity contribution is 5.59. The van der Waals surface area contributed by atoms with Crippen LogP contribution >= 0.6 is 0 Å². The lowest BCUT2D eigenvalue weighted by Gasteiger charge is -2.35. The van der Waals surface area contributed by atoms with Crippen molar-refractivity contribution < 1.29 is 0 Å². The van der Waals surface area contributed by atoms with Crippen molar-refractivity contribution in [2.45, 2.75) is 45.1 Å². The largest absolute Gasteiger partial charge is 0.398 e. The van der Waals surface area contributed by atoms with E-state index in [0.29, 0.717) is 12.5 Å². The van der Waals surface area contributed by atoms with E-state index >= 15 is 0 Å². The second-order valence-corrected chi connectivity index (χ2v) is 5.75. The summed E-state index contributed by atoms with van der Waals surface area (Å²) in [6, 6.07) is 8.85. The Morgan fingerprint density at radius 3 is 2.89 bits per heavy atom. The summed E-state index contributed by atoms with van der Waals surface area (Å²) in [5.41, 5.74) is 8.74. The maximum Gasteiger partial charge on any atom is 0.0670 e. The molecule has 0 aromatic heterocycles. The van der Waals surface area contributed by atoms with E-state index in [1.54, 1.807) is 0 Å². The minimum absolute atomic E-state index is 0.384. The van der Waals surface area contributed by atoms with Gasteiger partial charge in [-0.3, -0.25) is 0 Å². The molecule has 2 N–H and O–H groups in total. The molecule has 0 radical (unpaired) electrons. The van der Waals surface area contributed by atoms with Gasteiger partial charge in [-0.2, -0.15) is 5.26 Å². The van der Waals surface area contributed by atoms with Gasteiger partial charge >= 0.3 is 0 Å². The van der Waals surface area contributed by atoms with Crippen molar-refractivity contribution in [1.82, 2.24) is 0 Å². The molecule has 1 aromatic carbocycles. The van der Waals surface area contributed by atoms with Crippen molar-refractivity contribution in [3.63, 3.8) is 0 Å². The van der Waals surface area contributed by atoms with Crippen LogP contribution in [0, 0.1) is 17.2 Å². The van der Waals surface area contributed by atoms with E-state index in [-0.39, 0.29) is 0 Å². The third kappa shape index (κ3) is 3.20. The standard InChI is InChI=1S/C16H23N3/c1-12-4-3-5-14(10-12)19(2)15-6-7-16(18)13(11-15)8-9-17/h6-7,11-12,14H,3-5,8,10,18H2,1-2H3. The van der Waals surface area contributed by atoms with Crippen LogP contribution < -0.4 is 10.6 Å². The van der Waals surface area contributed by atoms with Crippen LogP contribution in [-0.2, 0) is 6.42 Å². The Bertz CT molecular complexity index is 475. The lowest BCUT2D eigenvalue weighted by atomic mass is 9.86. The first-order valence-corrected chi connectivity index (χ1v) is 7.10. The minimum Gasteiger partial charge on any atom is -0.398 e. The predicted octanol–water partition coefficient (Wildman–Crippen LogP) is 3.35. The van der Waals surface area contributed by atoms with Gasteiger partial charge in [0.2, 0.25) is 0 Å². The lowest BCUT2D eigenvalue weighted by Crippen LogP contribution is -2.35. The minimum atomic E-state index is 0.384. The Hall–Kier alpha value is -1.69. The van der Waals surface area contributed by atoms with E-state index < -0.39 is 0 Å². The average molecular weight is 257 g/mol. The zero-order valence-electron chi connectivity index (χ0n) is 11.9. The van der Waals surface area contributed by atoms with Crippen LogP contribution in [0.2, 0.25) is 0 Å². The van der Waals surface area contributed by atoms with Gasteiger partial charge in [-0.15, -0.1) is 0 Å². The Morgan fingerprint density at radius 1 is 1.42 bits per heavy atom. The molecule has 0 aliphatic heterocycles. The molecule has 2 atom stereocenters. The van der Waals surface area contributed by atoms with Crippen LogP contribution in [0.5, 0.6) is 0 Å². The van der Waals surface area contributed by atoms with Crippen molar-refractivity contribution in [3.8, 4) is 6.07 Å². The normalized spacial score (nSPS) is 22.8. The first-order valence-electron chi connectivity index (χ1n) is 7.10. The Labute approximate surface area is 116 Å². The quantitative estimate of drug-likeness (QED) is 0.845. The van der Waals surface area contributed by atoms with Crippen molar-refractivity contribution >= 4 is 11.4 Å². The number of hydrogen-bond donors (Lipinski definition) is 1. The fraction of sp³-hybridized carbons (Fsp3) is 0.562.